The largest absolute Gasteiger partial charge is 0.497 e. The Bertz CT molecular complexity index is 804. The minimum absolute atomic E-state index is 0.170. The van der Waals surface area contributed by atoms with Crippen molar-refractivity contribution in [2.75, 3.05) is 64.2 Å². The quantitative estimate of drug-likeness (QED) is 0.783. The van der Waals surface area contributed by atoms with Crippen molar-refractivity contribution in [3.05, 3.63) is 54.1 Å². The zero-order valence-corrected chi connectivity index (χ0v) is 17.3. The monoisotopic (exact) mass is 398 g/mol. The normalized spacial score (nSPS) is 15.7. The van der Waals surface area contributed by atoms with Gasteiger partial charge < -0.3 is 29.9 Å². The number of amides is 2. The van der Waals surface area contributed by atoms with E-state index in [0.29, 0.717) is 0 Å². The van der Waals surface area contributed by atoms with Crippen molar-refractivity contribution >= 4 is 17.4 Å². The number of carbonyl (C=O) groups excluding carboxylic acids is 1. The number of carbonyl (C=O) groups is 1. The Hall–Kier alpha value is -2.77. The molecule has 0 spiro atoms. The molecule has 1 heterocycles. The van der Waals surface area contributed by atoms with Crippen LogP contribution in [0.2, 0.25) is 0 Å². The fraction of sp³-hybridized carbons (Fsp3) is 0.409. The van der Waals surface area contributed by atoms with Crippen LogP contribution in [0.3, 0.4) is 0 Å². The Morgan fingerprint density at radius 1 is 1.14 bits per heavy atom. The number of para-hydroxylation sites is 2. The summed E-state index contributed by atoms with van der Waals surface area (Å²) in [7, 11) is 5.42. The molecular weight excluding hydrogens is 368 g/mol. The number of aliphatic hydroxyl groups excluding tert-OH is 1. The first-order valence-electron chi connectivity index (χ1n) is 9.84. The van der Waals surface area contributed by atoms with Crippen LogP contribution in [-0.2, 0) is 0 Å². The first-order valence-corrected chi connectivity index (χ1v) is 9.84. The summed E-state index contributed by atoms with van der Waals surface area (Å²) < 4.78 is 5.18. The molecule has 1 saturated heterocycles. The summed E-state index contributed by atoms with van der Waals surface area (Å²) in [6.07, 6.45) is 0. The molecule has 1 atom stereocenters. The van der Waals surface area contributed by atoms with Crippen molar-refractivity contribution in [2.45, 2.75) is 6.04 Å². The average Bonchev–Trinajstić information content (AvgIpc) is 2.75. The number of aliphatic hydroxyl groups is 1. The molecule has 156 valence electrons. The summed E-state index contributed by atoms with van der Waals surface area (Å²) in [5.41, 5.74) is 2.64. The number of hydrogen-bond acceptors (Lipinski definition) is 5. The lowest BCUT2D eigenvalue weighted by molar-refractivity contribution is 0.159. The van der Waals surface area contributed by atoms with Crippen LogP contribution in [-0.4, -0.2) is 74.9 Å². The van der Waals surface area contributed by atoms with Gasteiger partial charge in [0.1, 0.15) is 5.75 Å². The zero-order valence-electron chi connectivity index (χ0n) is 17.3. The summed E-state index contributed by atoms with van der Waals surface area (Å²) in [5, 5.41) is 12.9. The van der Waals surface area contributed by atoms with Crippen molar-refractivity contribution < 1.29 is 14.6 Å². The van der Waals surface area contributed by atoms with Gasteiger partial charge in [0.2, 0.25) is 0 Å². The van der Waals surface area contributed by atoms with Crippen LogP contribution in [0.5, 0.6) is 5.75 Å². The number of methoxy groups -OCH3 is 1. The molecule has 2 aromatic rings. The molecule has 2 N–H and O–H groups in total. The predicted molar refractivity (Wildman–Crippen MR) is 116 cm³/mol. The summed E-state index contributed by atoms with van der Waals surface area (Å²) in [5.74, 6) is 0.735. The number of rotatable bonds is 6. The van der Waals surface area contributed by atoms with Crippen LogP contribution >= 0.6 is 0 Å². The Morgan fingerprint density at radius 3 is 2.41 bits per heavy atom. The zero-order chi connectivity index (χ0) is 20.8. The Labute approximate surface area is 172 Å². The SMILES string of the molecule is COc1ccc([C@@H](CO)N(C)C(=O)Nc2ccccc2N2CCN(C)CC2)cc1. The first kappa shape index (κ1) is 21.0. The molecule has 0 unspecified atom stereocenters. The Kier molecular flexibility index (Phi) is 6.95. The predicted octanol–water partition coefficient (Wildman–Crippen LogP) is 2.64. The molecule has 0 bridgehead atoms. The molecule has 7 heteroatoms. The van der Waals surface area contributed by atoms with Gasteiger partial charge in [-0.15, -0.1) is 0 Å². The van der Waals surface area contributed by atoms with Gasteiger partial charge in [-0.1, -0.05) is 24.3 Å². The molecule has 0 aromatic heterocycles. The van der Waals surface area contributed by atoms with E-state index in [-0.39, 0.29) is 12.6 Å². The van der Waals surface area contributed by atoms with Gasteiger partial charge in [-0.25, -0.2) is 4.79 Å². The van der Waals surface area contributed by atoms with Gasteiger partial charge in [-0.05, 0) is 36.9 Å². The number of ether oxygens (including phenoxy) is 1. The molecule has 0 saturated carbocycles. The lowest BCUT2D eigenvalue weighted by Crippen LogP contribution is -2.45. The number of piperazine rings is 1. The molecular formula is C22H30N4O3. The van der Waals surface area contributed by atoms with Crippen molar-refractivity contribution in [1.82, 2.24) is 9.80 Å². The van der Waals surface area contributed by atoms with E-state index >= 15 is 0 Å². The van der Waals surface area contributed by atoms with E-state index in [4.69, 9.17) is 4.74 Å². The van der Waals surface area contributed by atoms with Gasteiger partial charge in [-0.3, -0.25) is 0 Å². The number of urea groups is 1. The number of nitrogens with zero attached hydrogens (tertiary/aromatic N) is 3. The van der Waals surface area contributed by atoms with E-state index in [0.717, 1.165) is 48.9 Å². The third-order valence-electron chi connectivity index (χ3n) is 5.45. The number of anilines is 2. The molecule has 7 nitrogen and oxygen atoms in total. The van der Waals surface area contributed by atoms with Crippen LogP contribution in [0, 0.1) is 0 Å². The summed E-state index contributed by atoms with van der Waals surface area (Å²) in [6.45, 7) is 3.66. The smallest absolute Gasteiger partial charge is 0.322 e. The highest BCUT2D eigenvalue weighted by Crippen LogP contribution is 2.28. The molecule has 29 heavy (non-hydrogen) atoms. The molecule has 0 aliphatic carbocycles. The van der Waals surface area contributed by atoms with Crippen LogP contribution < -0.4 is 15.0 Å². The third-order valence-corrected chi connectivity index (χ3v) is 5.45. The van der Waals surface area contributed by atoms with Crippen molar-refractivity contribution in [2.24, 2.45) is 0 Å². The minimum Gasteiger partial charge on any atom is -0.497 e. The van der Waals surface area contributed by atoms with Crippen LogP contribution in [0.25, 0.3) is 0 Å². The Morgan fingerprint density at radius 2 is 1.79 bits per heavy atom. The third kappa shape index (κ3) is 4.99. The van der Waals surface area contributed by atoms with E-state index in [1.165, 1.54) is 4.90 Å². The maximum absolute atomic E-state index is 12.9. The van der Waals surface area contributed by atoms with Gasteiger partial charge in [0, 0.05) is 33.2 Å². The lowest BCUT2D eigenvalue weighted by atomic mass is 10.1. The highest BCUT2D eigenvalue weighted by Gasteiger charge is 2.23. The second-order valence-electron chi connectivity index (χ2n) is 7.32. The average molecular weight is 399 g/mol. The van der Waals surface area contributed by atoms with Gasteiger partial charge in [0.15, 0.2) is 0 Å². The van der Waals surface area contributed by atoms with E-state index < -0.39 is 6.04 Å². The second kappa shape index (κ2) is 9.62. The number of likely N-dealkylation sites (N-methyl/N-ethyl adjacent to an activating group) is 2. The van der Waals surface area contributed by atoms with Crippen molar-refractivity contribution in [1.29, 1.82) is 0 Å². The number of nitrogens with one attached hydrogen (secondary N) is 1. The highest BCUT2D eigenvalue weighted by atomic mass is 16.5. The van der Waals surface area contributed by atoms with E-state index in [9.17, 15) is 9.90 Å². The lowest BCUT2D eigenvalue weighted by Gasteiger charge is -2.35. The van der Waals surface area contributed by atoms with Crippen molar-refractivity contribution in [3.63, 3.8) is 0 Å². The number of hydrogen-bond donors (Lipinski definition) is 2. The molecule has 3 rings (SSSR count). The van der Waals surface area contributed by atoms with Gasteiger partial charge in [0.25, 0.3) is 0 Å². The maximum atomic E-state index is 12.9. The molecule has 2 amide bonds. The van der Waals surface area contributed by atoms with Crippen LogP contribution in [0.1, 0.15) is 11.6 Å². The Balaban J connectivity index is 1.73. The second-order valence-corrected chi connectivity index (χ2v) is 7.32. The topological polar surface area (TPSA) is 68.3 Å². The van der Waals surface area contributed by atoms with E-state index in [2.05, 4.69) is 22.2 Å². The van der Waals surface area contributed by atoms with Crippen molar-refractivity contribution in [3.8, 4) is 5.75 Å². The van der Waals surface area contributed by atoms with E-state index in [1.807, 2.05) is 48.5 Å². The number of benzene rings is 2. The highest BCUT2D eigenvalue weighted by molar-refractivity contribution is 5.93. The maximum Gasteiger partial charge on any atom is 0.322 e. The summed E-state index contributed by atoms with van der Waals surface area (Å²) in [6, 6.07) is 14.5. The molecule has 1 aliphatic rings. The molecule has 1 fully saturated rings. The van der Waals surface area contributed by atoms with Crippen LogP contribution in [0.15, 0.2) is 48.5 Å². The van der Waals surface area contributed by atoms with Gasteiger partial charge in [0.05, 0.1) is 31.1 Å². The molecule has 0 radical (unpaired) electrons. The summed E-state index contributed by atoms with van der Waals surface area (Å²) >= 11 is 0. The van der Waals surface area contributed by atoms with Gasteiger partial charge >= 0.3 is 6.03 Å². The minimum atomic E-state index is -0.447. The van der Waals surface area contributed by atoms with Crippen LogP contribution in [0.4, 0.5) is 16.2 Å². The standard InChI is InChI=1S/C22H30N4O3/c1-24-12-14-26(15-13-24)20-7-5-4-6-19(20)23-22(28)25(2)21(16-27)17-8-10-18(29-3)11-9-17/h4-11,21,27H,12-16H2,1-3H3,(H,23,28)/t21-/m1/s1. The fourth-order valence-corrected chi connectivity index (χ4v) is 3.52. The summed E-state index contributed by atoms with van der Waals surface area (Å²) in [4.78, 5) is 19.1. The molecule has 1 aliphatic heterocycles. The van der Waals surface area contributed by atoms with E-state index in [1.54, 1.807) is 14.2 Å². The molecule has 2 aromatic carbocycles. The first-order chi connectivity index (χ1) is 14.0. The fourth-order valence-electron chi connectivity index (χ4n) is 3.52. The van der Waals surface area contributed by atoms with Gasteiger partial charge in [-0.2, -0.15) is 0 Å².